The summed E-state index contributed by atoms with van der Waals surface area (Å²) in [6.07, 6.45) is 1.29. The van der Waals surface area contributed by atoms with Gasteiger partial charge in [0.2, 0.25) is 5.91 Å². The van der Waals surface area contributed by atoms with E-state index in [2.05, 4.69) is 15.5 Å². The Labute approximate surface area is 165 Å². The van der Waals surface area contributed by atoms with E-state index >= 15 is 0 Å². The highest BCUT2D eigenvalue weighted by Gasteiger charge is 2.21. The van der Waals surface area contributed by atoms with E-state index in [1.807, 2.05) is 0 Å². The van der Waals surface area contributed by atoms with Crippen LogP contribution in [0.2, 0.25) is 0 Å². The molecule has 0 saturated heterocycles. The Morgan fingerprint density at radius 2 is 1.72 bits per heavy atom. The van der Waals surface area contributed by atoms with Crippen molar-refractivity contribution in [2.75, 3.05) is 11.9 Å². The number of aromatic nitrogens is 3. The van der Waals surface area contributed by atoms with Gasteiger partial charge in [-0.15, -0.1) is 0 Å². The molecule has 0 aliphatic carbocycles. The molecule has 29 heavy (non-hydrogen) atoms. The SMILES string of the molecule is CC(C)(C)C(=O)Nc1ccc(C(=O)COC(=O)c2ccc3n[nH]c(=O)n3c2)cc1. The Balaban J connectivity index is 1.61. The van der Waals surface area contributed by atoms with Gasteiger partial charge in [-0.3, -0.25) is 9.59 Å². The van der Waals surface area contributed by atoms with Crippen LogP contribution >= 0.6 is 0 Å². The van der Waals surface area contributed by atoms with Gasteiger partial charge in [0.15, 0.2) is 18.0 Å². The number of amides is 1. The molecule has 1 aromatic carbocycles. The zero-order chi connectivity index (χ0) is 21.2. The molecule has 9 heteroatoms. The van der Waals surface area contributed by atoms with E-state index in [0.717, 1.165) is 0 Å². The number of carbonyl (C=O) groups excluding carboxylic acids is 3. The van der Waals surface area contributed by atoms with Gasteiger partial charge in [0, 0.05) is 22.9 Å². The number of fused-ring (bicyclic) bond motifs is 1. The van der Waals surface area contributed by atoms with Crippen LogP contribution in [0.3, 0.4) is 0 Å². The summed E-state index contributed by atoms with van der Waals surface area (Å²) in [5, 5.41) is 8.79. The molecular formula is C20H20N4O5. The predicted molar refractivity (Wildman–Crippen MR) is 105 cm³/mol. The molecule has 2 N–H and O–H groups in total. The maximum absolute atomic E-state index is 12.3. The average molecular weight is 396 g/mol. The summed E-state index contributed by atoms with van der Waals surface area (Å²) in [5.74, 6) is -1.27. The Morgan fingerprint density at radius 1 is 1.07 bits per heavy atom. The number of H-pyrrole nitrogens is 1. The van der Waals surface area contributed by atoms with Crippen LogP contribution in [-0.2, 0) is 9.53 Å². The molecule has 0 radical (unpaired) electrons. The number of aromatic amines is 1. The molecule has 0 atom stereocenters. The van der Waals surface area contributed by atoms with Crippen molar-refractivity contribution in [3.63, 3.8) is 0 Å². The van der Waals surface area contributed by atoms with E-state index in [4.69, 9.17) is 4.74 Å². The van der Waals surface area contributed by atoms with Crippen LogP contribution in [0.4, 0.5) is 5.69 Å². The number of carbonyl (C=O) groups is 3. The summed E-state index contributed by atoms with van der Waals surface area (Å²) in [4.78, 5) is 48.0. The van der Waals surface area contributed by atoms with E-state index < -0.39 is 29.5 Å². The van der Waals surface area contributed by atoms with Crippen LogP contribution < -0.4 is 11.0 Å². The van der Waals surface area contributed by atoms with E-state index in [-0.39, 0.29) is 11.5 Å². The second kappa shape index (κ2) is 7.70. The molecule has 9 nitrogen and oxygen atoms in total. The number of benzene rings is 1. The second-order valence-electron chi connectivity index (χ2n) is 7.46. The van der Waals surface area contributed by atoms with E-state index in [1.165, 1.54) is 22.7 Å². The molecule has 0 aliphatic heterocycles. The molecule has 3 aromatic rings. The molecule has 150 valence electrons. The second-order valence-corrected chi connectivity index (χ2v) is 7.46. The summed E-state index contributed by atoms with van der Waals surface area (Å²) >= 11 is 0. The first-order chi connectivity index (χ1) is 13.6. The standard InChI is InChI=1S/C20H20N4O5/c1-20(2,3)18(27)21-14-7-4-12(5-8-14)15(25)11-29-17(26)13-6-9-16-22-23-19(28)24(16)10-13/h4-10H,11H2,1-3H3,(H,21,27)(H,23,28). The molecule has 1 amide bonds. The molecule has 0 aliphatic rings. The molecule has 2 aromatic heterocycles. The number of anilines is 1. The Bertz CT molecular complexity index is 1140. The van der Waals surface area contributed by atoms with Crippen LogP contribution in [-0.4, -0.2) is 38.9 Å². The smallest absolute Gasteiger partial charge is 0.347 e. The van der Waals surface area contributed by atoms with Crippen LogP contribution in [0, 0.1) is 5.41 Å². The minimum Gasteiger partial charge on any atom is -0.454 e. The van der Waals surface area contributed by atoms with Gasteiger partial charge in [-0.05, 0) is 36.4 Å². The van der Waals surface area contributed by atoms with Crippen LogP contribution in [0.5, 0.6) is 0 Å². The summed E-state index contributed by atoms with van der Waals surface area (Å²) in [5.41, 5.74) is 0.373. The lowest BCUT2D eigenvalue weighted by molar-refractivity contribution is -0.123. The quantitative estimate of drug-likeness (QED) is 0.503. The lowest BCUT2D eigenvalue weighted by atomic mass is 9.95. The summed E-state index contributed by atoms with van der Waals surface area (Å²) < 4.78 is 6.21. The number of hydrogen-bond donors (Lipinski definition) is 2. The van der Waals surface area contributed by atoms with Gasteiger partial charge in [0.25, 0.3) is 0 Å². The maximum atomic E-state index is 12.3. The molecule has 0 unspecified atom stereocenters. The molecule has 0 bridgehead atoms. The first-order valence-electron chi connectivity index (χ1n) is 8.84. The largest absolute Gasteiger partial charge is 0.454 e. The lowest BCUT2D eigenvalue weighted by Gasteiger charge is -2.17. The minimum atomic E-state index is -0.734. The van der Waals surface area contributed by atoms with Gasteiger partial charge < -0.3 is 10.1 Å². The number of ketones is 1. The van der Waals surface area contributed by atoms with Crippen LogP contribution in [0.25, 0.3) is 5.65 Å². The zero-order valence-electron chi connectivity index (χ0n) is 16.2. The van der Waals surface area contributed by atoms with Gasteiger partial charge in [0.1, 0.15) is 0 Å². The third-order valence-electron chi connectivity index (χ3n) is 4.13. The molecule has 2 heterocycles. The van der Waals surface area contributed by atoms with E-state index in [1.54, 1.807) is 45.0 Å². The van der Waals surface area contributed by atoms with Crippen molar-refractivity contribution in [2.24, 2.45) is 5.41 Å². The molecule has 0 saturated carbocycles. The Kier molecular flexibility index (Phi) is 5.31. The number of pyridine rings is 1. The van der Waals surface area contributed by atoms with Gasteiger partial charge in [-0.1, -0.05) is 20.8 Å². The fraction of sp³-hybridized carbons (Fsp3) is 0.250. The third kappa shape index (κ3) is 4.57. The average Bonchev–Trinajstić information content (AvgIpc) is 3.06. The molecular weight excluding hydrogens is 376 g/mol. The van der Waals surface area contributed by atoms with Crippen molar-refractivity contribution in [3.05, 3.63) is 64.2 Å². The number of nitrogens with zero attached hydrogens (tertiary/aromatic N) is 2. The third-order valence-corrected chi connectivity index (χ3v) is 4.13. The van der Waals surface area contributed by atoms with Crippen molar-refractivity contribution in [1.29, 1.82) is 0 Å². The summed E-state index contributed by atoms with van der Waals surface area (Å²) in [6.45, 7) is 4.95. The van der Waals surface area contributed by atoms with Crippen molar-refractivity contribution in [2.45, 2.75) is 20.8 Å². The highest BCUT2D eigenvalue weighted by atomic mass is 16.5. The first-order valence-corrected chi connectivity index (χ1v) is 8.84. The van der Waals surface area contributed by atoms with Gasteiger partial charge in [0.05, 0.1) is 5.56 Å². The predicted octanol–water partition coefficient (Wildman–Crippen LogP) is 2.05. The van der Waals surface area contributed by atoms with Crippen molar-refractivity contribution < 1.29 is 19.1 Å². The normalized spacial score (nSPS) is 11.3. The number of rotatable bonds is 5. The fourth-order valence-electron chi connectivity index (χ4n) is 2.38. The molecule has 3 rings (SSSR count). The number of hydrogen-bond acceptors (Lipinski definition) is 6. The van der Waals surface area contributed by atoms with E-state index in [0.29, 0.717) is 16.9 Å². The Hall–Kier alpha value is -3.75. The lowest BCUT2D eigenvalue weighted by Crippen LogP contribution is -2.27. The number of nitrogens with one attached hydrogen (secondary N) is 2. The highest BCUT2D eigenvalue weighted by molar-refractivity contribution is 6.00. The first kappa shape index (κ1) is 20.0. The van der Waals surface area contributed by atoms with Crippen molar-refractivity contribution >= 4 is 29.0 Å². The maximum Gasteiger partial charge on any atom is 0.347 e. The molecule has 0 fully saturated rings. The van der Waals surface area contributed by atoms with Crippen molar-refractivity contribution in [3.8, 4) is 0 Å². The van der Waals surface area contributed by atoms with Crippen LogP contribution in [0.1, 0.15) is 41.5 Å². The summed E-state index contributed by atoms with van der Waals surface area (Å²) in [6, 6.07) is 9.25. The zero-order valence-corrected chi connectivity index (χ0v) is 16.2. The summed E-state index contributed by atoms with van der Waals surface area (Å²) in [7, 11) is 0. The van der Waals surface area contributed by atoms with Gasteiger partial charge >= 0.3 is 11.7 Å². The molecule has 0 spiro atoms. The number of ether oxygens (including phenoxy) is 1. The van der Waals surface area contributed by atoms with Crippen LogP contribution in [0.15, 0.2) is 47.4 Å². The van der Waals surface area contributed by atoms with Crippen molar-refractivity contribution in [1.82, 2.24) is 14.6 Å². The Morgan fingerprint density at radius 3 is 2.38 bits per heavy atom. The highest BCUT2D eigenvalue weighted by Crippen LogP contribution is 2.18. The fourth-order valence-corrected chi connectivity index (χ4v) is 2.38. The number of esters is 1. The van der Waals surface area contributed by atoms with Gasteiger partial charge in [-0.25, -0.2) is 19.1 Å². The van der Waals surface area contributed by atoms with E-state index in [9.17, 15) is 19.2 Å². The topological polar surface area (TPSA) is 123 Å². The number of Topliss-reactive ketones (excluding diaryl/α,β-unsaturated/α-hetero) is 1. The minimum absolute atomic E-state index is 0.119. The monoisotopic (exact) mass is 396 g/mol. The van der Waals surface area contributed by atoms with Gasteiger partial charge in [-0.2, -0.15) is 5.10 Å².